The molecule has 2 amide bonds. The second-order valence-corrected chi connectivity index (χ2v) is 12.8. The molecule has 0 spiro atoms. The summed E-state index contributed by atoms with van der Waals surface area (Å²) >= 11 is 6.71. The van der Waals surface area contributed by atoms with Crippen LogP contribution in [0.3, 0.4) is 0 Å². The van der Waals surface area contributed by atoms with Crippen molar-refractivity contribution >= 4 is 29.3 Å². The maximum absolute atomic E-state index is 13.9. The molecule has 3 aliphatic heterocycles. The van der Waals surface area contributed by atoms with E-state index in [-0.39, 0.29) is 23.8 Å². The van der Waals surface area contributed by atoms with Crippen LogP contribution >= 0.6 is 11.6 Å². The first-order valence-corrected chi connectivity index (χ1v) is 15.4. The van der Waals surface area contributed by atoms with Crippen LogP contribution in [0.1, 0.15) is 46.1 Å². The van der Waals surface area contributed by atoms with Crippen LogP contribution in [-0.2, 0) is 30.2 Å². The lowest BCUT2D eigenvalue weighted by Gasteiger charge is -2.42. The predicted octanol–water partition coefficient (Wildman–Crippen LogP) is 3.07. The number of methoxy groups -OCH3 is 2. The van der Waals surface area contributed by atoms with Gasteiger partial charge in [-0.05, 0) is 51.9 Å². The van der Waals surface area contributed by atoms with Gasteiger partial charge in [0.1, 0.15) is 34.7 Å². The molecule has 2 fully saturated rings. The fraction of sp³-hybridized carbons (Fsp3) is 0.625. The largest absolute Gasteiger partial charge is 0.495 e. The van der Waals surface area contributed by atoms with Crippen molar-refractivity contribution in [3.05, 3.63) is 46.5 Å². The van der Waals surface area contributed by atoms with Crippen LogP contribution in [0.25, 0.3) is 0 Å². The molecule has 0 radical (unpaired) electrons. The summed E-state index contributed by atoms with van der Waals surface area (Å²) in [7, 11) is 6.28. The number of benzene rings is 1. The van der Waals surface area contributed by atoms with Gasteiger partial charge in [-0.25, -0.2) is 4.79 Å². The Morgan fingerprint density at radius 3 is 2.62 bits per heavy atom. The Hall–Kier alpha value is -2.71. The van der Waals surface area contributed by atoms with Gasteiger partial charge < -0.3 is 44.1 Å². The van der Waals surface area contributed by atoms with Gasteiger partial charge in [-0.15, -0.1) is 0 Å². The second kappa shape index (κ2) is 14.0. The average Bonchev–Trinajstić information content (AvgIpc) is 3.69. The highest BCUT2D eigenvalue weighted by atomic mass is 35.5. The fourth-order valence-corrected chi connectivity index (χ4v) is 6.37. The van der Waals surface area contributed by atoms with E-state index in [4.69, 9.17) is 35.3 Å². The molecule has 4 rings (SSSR count). The molecule has 4 bridgehead atoms. The number of alkyl carbamates (subject to hydrolysis) is 1. The van der Waals surface area contributed by atoms with E-state index in [1.807, 2.05) is 32.1 Å². The summed E-state index contributed by atoms with van der Waals surface area (Å²) in [4.78, 5) is 28.0. The third-order valence-corrected chi connectivity index (χ3v) is 9.52. The molecule has 1 unspecified atom stereocenters. The summed E-state index contributed by atoms with van der Waals surface area (Å²) in [5.74, 6) is -0.334. The lowest BCUT2D eigenvalue weighted by molar-refractivity contribution is -0.169. The molecular formula is C32H46ClN3O9. The fourth-order valence-electron chi connectivity index (χ4n) is 6.06. The number of amides is 2. The van der Waals surface area contributed by atoms with E-state index in [1.165, 1.54) is 19.1 Å². The highest BCUT2D eigenvalue weighted by molar-refractivity contribution is 6.35. The quantitative estimate of drug-likeness (QED) is 0.267. The minimum Gasteiger partial charge on any atom is -0.495 e. The summed E-state index contributed by atoms with van der Waals surface area (Å²) < 4.78 is 29.1. The lowest BCUT2D eigenvalue weighted by atomic mass is 9.83. The molecule has 2 saturated heterocycles. The number of hydrogen-bond donors (Lipinski definition) is 4. The van der Waals surface area contributed by atoms with Crippen LogP contribution in [0.4, 0.5) is 10.5 Å². The number of halogens is 1. The smallest absolute Gasteiger partial charge is 0.409 e. The van der Waals surface area contributed by atoms with E-state index in [9.17, 15) is 19.8 Å². The van der Waals surface area contributed by atoms with Crippen molar-refractivity contribution in [3.63, 3.8) is 0 Å². The minimum absolute atomic E-state index is 0.0120. The standard InChI is InChI=1S/C32H46ClN3O9/c1-17-10-9-11-24(42-8)32(40)16-23(43-30(39)35-32)18(2)28-31(4,45-28)25(44-29(38)19(3)34-5)15-26(37)36(6)21-13-20(12-17)14-22(41-7)27(21)33/h9-11,13-14,18-19,23-25,28-29,34,38,40H,12,15-16H2,1-8H3,(H,35,39)/b11-9+,17-10+/t18-,19+,23+,24-,25+,28+,29?,31+,32+/m1/s1. The zero-order valence-corrected chi connectivity index (χ0v) is 27.9. The van der Waals surface area contributed by atoms with Crippen LogP contribution in [0.5, 0.6) is 5.75 Å². The number of nitrogens with one attached hydrogen (secondary N) is 2. The number of ether oxygens (including phenoxy) is 5. The normalized spacial score (nSPS) is 35.7. The zero-order chi connectivity index (χ0) is 33.3. The average molecular weight is 652 g/mol. The Bertz CT molecular complexity index is 1320. The summed E-state index contributed by atoms with van der Waals surface area (Å²) in [6.07, 6.45) is 0.567. The molecular weight excluding hydrogens is 606 g/mol. The number of aliphatic hydroxyl groups is 2. The number of carbonyl (C=O) groups excluding carboxylic acids is 2. The number of nitrogens with zero attached hydrogens (tertiary/aromatic N) is 1. The highest BCUT2D eigenvalue weighted by Crippen LogP contribution is 2.49. The molecule has 0 aromatic heterocycles. The Balaban J connectivity index is 1.79. The van der Waals surface area contributed by atoms with Crippen molar-refractivity contribution in [1.29, 1.82) is 0 Å². The van der Waals surface area contributed by atoms with Crippen molar-refractivity contribution in [2.45, 2.75) is 95.0 Å². The number of aliphatic hydroxyl groups excluding tert-OH is 1. The van der Waals surface area contributed by atoms with E-state index in [1.54, 1.807) is 40.1 Å². The highest BCUT2D eigenvalue weighted by Gasteiger charge is 2.64. The van der Waals surface area contributed by atoms with E-state index in [0.29, 0.717) is 17.9 Å². The first-order chi connectivity index (χ1) is 21.2. The number of rotatable bonds is 6. The van der Waals surface area contributed by atoms with Gasteiger partial charge in [-0.1, -0.05) is 42.3 Å². The van der Waals surface area contributed by atoms with Crippen molar-refractivity contribution in [1.82, 2.24) is 10.6 Å². The van der Waals surface area contributed by atoms with Gasteiger partial charge in [0.05, 0.1) is 31.4 Å². The van der Waals surface area contributed by atoms with Crippen LogP contribution in [0.2, 0.25) is 5.02 Å². The molecule has 3 heterocycles. The molecule has 3 aliphatic rings. The van der Waals surface area contributed by atoms with Crippen molar-refractivity contribution in [2.75, 3.05) is 33.2 Å². The van der Waals surface area contributed by atoms with Gasteiger partial charge in [0.25, 0.3) is 0 Å². The van der Waals surface area contributed by atoms with Crippen LogP contribution in [0, 0.1) is 5.92 Å². The molecule has 250 valence electrons. The third-order valence-electron chi connectivity index (χ3n) is 9.14. The molecule has 12 nitrogen and oxygen atoms in total. The second-order valence-electron chi connectivity index (χ2n) is 12.4. The Labute approximate surface area is 269 Å². The molecule has 0 saturated carbocycles. The maximum Gasteiger partial charge on any atom is 0.409 e. The Morgan fingerprint density at radius 2 is 1.98 bits per heavy atom. The number of allylic oxidation sites excluding steroid dienone is 3. The topological polar surface area (TPSA) is 151 Å². The first kappa shape index (κ1) is 35.1. The van der Waals surface area contributed by atoms with Crippen LogP contribution in [0.15, 0.2) is 35.9 Å². The maximum atomic E-state index is 13.9. The summed E-state index contributed by atoms with van der Waals surface area (Å²) in [6.45, 7) is 7.34. The Kier molecular flexibility index (Phi) is 10.9. The number of likely N-dealkylation sites (N-methyl/N-ethyl adjacent to an activating group) is 1. The van der Waals surface area contributed by atoms with E-state index >= 15 is 0 Å². The monoisotopic (exact) mass is 651 g/mol. The number of anilines is 1. The Morgan fingerprint density at radius 1 is 1.27 bits per heavy atom. The number of epoxide rings is 1. The van der Waals surface area contributed by atoms with E-state index in [2.05, 4.69) is 10.6 Å². The summed E-state index contributed by atoms with van der Waals surface area (Å²) in [5, 5.41) is 28.2. The van der Waals surface area contributed by atoms with E-state index < -0.39 is 60.1 Å². The number of fused-ring (bicyclic) bond motifs is 5. The third kappa shape index (κ3) is 7.48. The molecule has 1 aromatic carbocycles. The number of carbonyl (C=O) groups is 2. The van der Waals surface area contributed by atoms with Gasteiger partial charge in [-0.3, -0.25) is 10.1 Å². The van der Waals surface area contributed by atoms with Crippen molar-refractivity contribution in [2.24, 2.45) is 5.92 Å². The predicted molar refractivity (Wildman–Crippen MR) is 168 cm³/mol. The molecule has 1 aromatic rings. The van der Waals surface area contributed by atoms with Gasteiger partial charge in [-0.2, -0.15) is 0 Å². The van der Waals surface area contributed by atoms with Gasteiger partial charge >= 0.3 is 6.09 Å². The molecule has 9 atom stereocenters. The molecule has 0 aliphatic carbocycles. The lowest BCUT2D eigenvalue weighted by Crippen LogP contribution is -2.63. The van der Waals surface area contributed by atoms with Gasteiger partial charge in [0, 0.05) is 26.5 Å². The van der Waals surface area contributed by atoms with Gasteiger partial charge in [0.2, 0.25) is 5.91 Å². The van der Waals surface area contributed by atoms with Crippen LogP contribution in [-0.4, -0.2) is 98.6 Å². The molecule has 13 heteroatoms. The van der Waals surface area contributed by atoms with E-state index in [0.717, 1.165) is 11.1 Å². The van der Waals surface area contributed by atoms with Crippen LogP contribution < -0.4 is 20.3 Å². The first-order valence-electron chi connectivity index (χ1n) is 15.1. The minimum atomic E-state index is -1.76. The number of hydrogen-bond acceptors (Lipinski definition) is 10. The van der Waals surface area contributed by atoms with Crippen molar-refractivity contribution < 1.29 is 43.5 Å². The van der Waals surface area contributed by atoms with Crippen molar-refractivity contribution in [3.8, 4) is 5.75 Å². The zero-order valence-electron chi connectivity index (χ0n) is 27.1. The summed E-state index contributed by atoms with van der Waals surface area (Å²) in [5.41, 5.74) is -0.525. The summed E-state index contributed by atoms with van der Waals surface area (Å²) in [6, 6.07) is 3.21. The SMILES string of the molecule is CN[C@@H](C)C(O)O[C@H]1CC(=O)N(C)c2cc(cc(OC)c2Cl)C/C(C)=C/C=C/[C@@H](OC)[C@@]2(O)C[C@H](OC(=O)N2)[C@@H](C)[C@@H]2O[C@@]12C. The van der Waals surface area contributed by atoms with Gasteiger partial charge in [0.15, 0.2) is 12.0 Å². The molecule has 45 heavy (non-hydrogen) atoms. The molecule has 4 N–H and O–H groups in total.